The molecule has 1 rings (SSSR count). The lowest BCUT2D eigenvalue weighted by Gasteiger charge is -2.07. The normalized spacial score (nSPS) is 11.0. The van der Waals surface area contributed by atoms with Crippen molar-refractivity contribution in [2.24, 2.45) is 5.16 Å². The van der Waals surface area contributed by atoms with E-state index in [0.717, 1.165) is 25.1 Å². The molecule has 0 atom stereocenters. The third kappa shape index (κ3) is 15.2. The highest BCUT2D eigenvalue weighted by molar-refractivity contribution is 5.94. The molecule has 1 aromatic rings. The summed E-state index contributed by atoms with van der Waals surface area (Å²) >= 11 is 0. The fraction of sp³-hybridized carbons (Fsp3) is 0.591. The topological polar surface area (TPSA) is 107 Å². The van der Waals surface area contributed by atoms with Crippen LogP contribution < -0.4 is 10.6 Å². The molecule has 174 valence electrons. The molecule has 1 aromatic carbocycles. The number of nitrogens with zero attached hydrogens (tertiary/aromatic N) is 1. The Morgan fingerprint density at radius 2 is 1.48 bits per heavy atom. The third-order valence-electron chi connectivity index (χ3n) is 4.04. The van der Waals surface area contributed by atoms with Gasteiger partial charge < -0.3 is 29.7 Å². The monoisotopic (exact) mass is 437 g/mol. The first-order valence-electron chi connectivity index (χ1n) is 10.5. The van der Waals surface area contributed by atoms with Crippen molar-refractivity contribution in [2.45, 2.75) is 19.8 Å². The zero-order valence-electron chi connectivity index (χ0n) is 18.6. The second kappa shape index (κ2) is 18.4. The van der Waals surface area contributed by atoms with Crippen LogP contribution in [0.5, 0.6) is 0 Å². The molecule has 0 fully saturated rings. The quantitative estimate of drug-likeness (QED) is 0.146. The van der Waals surface area contributed by atoms with Crippen molar-refractivity contribution in [2.75, 3.05) is 66.4 Å². The highest BCUT2D eigenvalue weighted by Gasteiger charge is 2.01. The van der Waals surface area contributed by atoms with Crippen LogP contribution in [0.25, 0.3) is 0 Å². The Morgan fingerprint density at radius 1 is 0.903 bits per heavy atom. The lowest BCUT2D eigenvalue weighted by Crippen LogP contribution is -2.28. The molecule has 1 amide bonds. The van der Waals surface area contributed by atoms with Gasteiger partial charge in [0.15, 0.2) is 12.4 Å². The first-order valence-corrected chi connectivity index (χ1v) is 10.5. The van der Waals surface area contributed by atoms with E-state index in [2.05, 4.69) is 15.8 Å². The molecular formula is C22H35N3O6. The molecule has 0 aliphatic carbocycles. The number of hydrogen-bond donors (Lipinski definition) is 2. The van der Waals surface area contributed by atoms with E-state index in [1.807, 2.05) is 7.05 Å². The van der Waals surface area contributed by atoms with E-state index in [1.54, 1.807) is 24.3 Å². The summed E-state index contributed by atoms with van der Waals surface area (Å²) < 4.78 is 16.3. The predicted molar refractivity (Wildman–Crippen MR) is 119 cm³/mol. The molecule has 0 spiro atoms. The van der Waals surface area contributed by atoms with Crippen LogP contribution in [0.4, 0.5) is 0 Å². The number of carbonyl (C=O) groups is 2. The van der Waals surface area contributed by atoms with Crippen molar-refractivity contribution in [3.05, 3.63) is 35.4 Å². The molecule has 0 aliphatic heterocycles. The van der Waals surface area contributed by atoms with Crippen molar-refractivity contribution in [1.29, 1.82) is 0 Å². The van der Waals surface area contributed by atoms with Gasteiger partial charge in [-0.1, -0.05) is 29.4 Å². The van der Waals surface area contributed by atoms with E-state index in [-0.39, 0.29) is 18.3 Å². The minimum absolute atomic E-state index is 0.00650. The Bertz CT molecular complexity index is 637. The van der Waals surface area contributed by atoms with Crippen LogP contribution >= 0.6 is 0 Å². The number of oxime groups is 1. The number of nitrogens with one attached hydrogen (secondary N) is 2. The Kier molecular flexibility index (Phi) is 15.9. The van der Waals surface area contributed by atoms with Gasteiger partial charge in [-0.05, 0) is 38.9 Å². The zero-order valence-corrected chi connectivity index (χ0v) is 18.6. The fourth-order valence-electron chi connectivity index (χ4n) is 2.34. The van der Waals surface area contributed by atoms with Crippen LogP contribution in [-0.4, -0.2) is 84.3 Å². The Hall–Kier alpha value is -2.33. The largest absolute Gasteiger partial charge is 0.386 e. The summed E-state index contributed by atoms with van der Waals surface area (Å²) in [6.07, 6.45) is 3.18. The number of ether oxygens (including phenoxy) is 3. The maximum Gasteiger partial charge on any atom is 0.260 e. The van der Waals surface area contributed by atoms with Crippen LogP contribution in [0.15, 0.2) is 29.4 Å². The van der Waals surface area contributed by atoms with E-state index >= 15 is 0 Å². The molecule has 9 heteroatoms. The average molecular weight is 438 g/mol. The zero-order chi connectivity index (χ0) is 22.6. The summed E-state index contributed by atoms with van der Waals surface area (Å²) in [6, 6.07) is 6.95. The van der Waals surface area contributed by atoms with Crippen molar-refractivity contribution in [3.63, 3.8) is 0 Å². The summed E-state index contributed by atoms with van der Waals surface area (Å²) in [5, 5.41) is 9.55. The number of benzene rings is 1. The number of ketones is 1. The van der Waals surface area contributed by atoms with Gasteiger partial charge in [0.25, 0.3) is 5.91 Å². The molecule has 9 nitrogen and oxygen atoms in total. The summed E-state index contributed by atoms with van der Waals surface area (Å²) in [7, 11) is 1.92. The van der Waals surface area contributed by atoms with Crippen LogP contribution in [0.2, 0.25) is 0 Å². The summed E-state index contributed by atoms with van der Waals surface area (Å²) in [6.45, 7) is 6.27. The van der Waals surface area contributed by atoms with E-state index in [4.69, 9.17) is 19.0 Å². The molecule has 0 heterocycles. The molecule has 31 heavy (non-hydrogen) atoms. The maximum atomic E-state index is 11.7. The van der Waals surface area contributed by atoms with Gasteiger partial charge in [-0.2, -0.15) is 0 Å². The minimum atomic E-state index is -0.248. The third-order valence-corrected chi connectivity index (χ3v) is 4.04. The van der Waals surface area contributed by atoms with Gasteiger partial charge in [-0.3, -0.25) is 9.59 Å². The van der Waals surface area contributed by atoms with Gasteiger partial charge in [0.2, 0.25) is 0 Å². The SMILES string of the molecule is CNCCCOCCOCCOCCCNC(=O)CO/N=C/c1ccc(C(C)=O)cc1. The summed E-state index contributed by atoms with van der Waals surface area (Å²) in [5.41, 5.74) is 1.42. The van der Waals surface area contributed by atoms with Crippen LogP contribution in [-0.2, 0) is 23.8 Å². The van der Waals surface area contributed by atoms with Crippen molar-refractivity contribution < 1.29 is 28.6 Å². The predicted octanol–water partition coefficient (Wildman–Crippen LogP) is 1.41. The van der Waals surface area contributed by atoms with Crippen molar-refractivity contribution in [1.82, 2.24) is 10.6 Å². The molecular weight excluding hydrogens is 402 g/mol. The molecule has 0 bridgehead atoms. The lowest BCUT2D eigenvalue weighted by molar-refractivity contribution is -0.125. The van der Waals surface area contributed by atoms with E-state index in [9.17, 15) is 9.59 Å². The summed E-state index contributed by atoms with van der Waals surface area (Å²) in [4.78, 5) is 27.9. The number of Topliss-reactive ketones (excluding diaryl/α,β-unsaturated/α-hetero) is 1. The molecule has 0 aliphatic rings. The van der Waals surface area contributed by atoms with Crippen LogP contribution in [0.1, 0.15) is 35.7 Å². The molecule has 0 aromatic heterocycles. The van der Waals surface area contributed by atoms with Gasteiger partial charge in [0.1, 0.15) is 0 Å². The van der Waals surface area contributed by atoms with Gasteiger partial charge in [-0.15, -0.1) is 0 Å². The van der Waals surface area contributed by atoms with E-state index in [1.165, 1.54) is 13.1 Å². The lowest BCUT2D eigenvalue weighted by atomic mass is 10.1. The molecule has 0 radical (unpaired) electrons. The standard InChI is InChI=1S/C22H35N3O6/c1-19(26)21-7-5-20(6-8-21)17-25-31-18-22(27)24-10-4-12-29-14-16-30-15-13-28-11-3-9-23-2/h5-8,17,23H,3-4,9-16,18H2,1-2H3,(H,24,27)/b25-17+. The van der Waals surface area contributed by atoms with Gasteiger partial charge in [0, 0.05) is 25.3 Å². The Morgan fingerprint density at radius 3 is 2.06 bits per heavy atom. The Balaban J connectivity index is 1.90. The van der Waals surface area contributed by atoms with Gasteiger partial charge in [-0.25, -0.2) is 0 Å². The highest BCUT2D eigenvalue weighted by Crippen LogP contribution is 2.03. The maximum absolute atomic E-state index is 11.7. The fourth-order valence-corrected chi connectivity index (χ4v) is 2.34. The molecule has 0 unspecified atom stereocenters. The number of carbonyl (C=O) groups excluding carboxylic acids is 2. The smallest absolute Gasteiger partial charge is 0.260 e. The van der Waals surface area contributed by atoms with E-state index in [0.29, 0.717) is 51.6 Å². The molecule has 2 N–H and O–H groups in total. The Labute approximate surface area is 184 Å². The number of amides is 1. The highest BCUT2D eigenvalue weighted by atomic mass is 16.6. The average Bonchev–Trinajstić information content (AvgIpc) is 2.77. The number of hydrogen-bond acceptors (Lipinski definition) is 8. The first-order chi connectivity index (χ1) is 15.1. The van der Waals surface area contributed by atoms with Crippen LogP contribution in [0.3, 0.4) is 0 Å². The van der Waals surface area contributed by atoms with E-state index < -0.39 is 0 Å². The second-order valence-corrected chi connectivity index (χ2v) is 6.68. The van der Waals surface area contributed by atoms with Crippen LogP contribution in [0, 0.1) is 0 Å². The minimum Gasteiger partial charge on any atom is -0.386 e. The first kappa shape index (κ1) is 26.7. The van der Waals surface area contributed by atoms with Gasteiger partial charge >= 0.3 is 0 Å². The van der Waals surface area contributed by atoms with Crippen molar-refractivity contribution in [3.8, 4) is 0 Å². The van der Waals surface area contributed by atoms with Gasteiger partial charge in [0.05, 0.1) is 32.6 Å². The number of rotatable bonds is 19. The molecule has 0 saturated carbocycles. The molecule has 0 saturated heterocycles. The summed E-state index contributed by atoms with van der Waals surface area (Å²) in [5.74, 6) is -0.242. The van der Waals surface area contributed by atoms with Crippen molar-refractivity contribution >= 4 is 17.9 Å². The second-order valence-electron chi connectivity index (χ2n) is 6.68.